The molecule has 0 radical (unpaired) electrons. The van der Waals surface area contributed by atoms with Crippen LogP contribution in [0.25, 0.3) is 0 Å². The molecule has 1 rings (SSSR count). The van der Waals surface area contributed by atoms with Gasteiger partial charge in [-0.1, -0.05) is 0 Å². The second-order valence-electron chi connectivity index (χ2n) is 6.35. The topological polar surface area (TPSA) is 82.8 Å². The molecule has 6 heteroatoms. The van der Waals surface area contributed by atoms with Crippen LogP contribution < -0.4 is 5.32 Å². The fourth-order valence-corrected chi connectivity index (χ4v) is 1.66. The number of rotatable bonds is 5. The van der Waals surface area contributed by atoms with Crippen molar-refractivity contribution in [2.24, 2.45) is 5.41 Å². The number of nitrogens with zero attached hydrogens (tertiary/aromatic N) is 1. The molecule has 0 bridgehead atoms. The number of aliphatic carboxylic acids is 1. The van der Waals surface area contributed by atoms with Crippen LogP contribution in [0, 0.1) is 12.3 Å². The van der Waals surface area contributed by atoms with Crippen LogP contribution in [0.3, 0.4) is 0 Å². The van der Waals surface area contributed by atoms with Crippen molar-refractivity contribution in [3.8, 4) is 0 Å². The van der Waals surface area contributed by atoms with E-state index in [1.807, 2.05) is 19.1 Å². The number of hydrogen-bond acceptors (Lipinski definition) is 3. The van der Waals surface area contributed by atoms with E-state index in [1.54, 1.807) is 34.7 Å². The van der Waals surface area contributed by atoms with Gasteiger partial charge in [0.1, 0.15) is 11.5 Å². The number of carboxylic acid groups (broad SMARTS) is 1. The number of furan rings is 1. The predicted octanol–water partition coefficient (Wildman–Crippen LogP) is 2.62. The molecule has 0 spiro atoms. The highest BCUT2D eigenvalue weighted by atomic mass is 16.4. The van der Waals surface area contributed by atoms with Crippen LogP contribution in [-0.4, -0.2) is 34.6 Å². The number of carboxylic acids is 1. The molecule has 0 fully saturated rings. The van der Waals surface area contributed by atoms with Gasteiger partial charge in [0.2, 0.25) is 0 Å². The predicted molar refractivity (Wildman–Crippen MR) is 78.9 cm³/mol. The van der Waals surface area contributed by atoms with Crippen molar-refractivity contribution in [3.05, 3.63) is 23.7 Å². The smallest absolute Gasteiger partial charge is 0.317 e. The molecule has 0 unspecified atom stereocenters. The standard InChI is InChI=1S/C15H24N2O4/c1-10-7-8-11(21-10)9-17(6)13(20)16-15(4,5)14(2,3)12(18)19/h7-8H,9H2,1-6H3,(H,16,20)(H,18,19). The average molecular weight is 296 g/mol. The Morgan fingerprint density at radius 1 is 1.29 bits per heavy atom. The van der Waals surface area contributed by atoms with Crippen molar-refractivity contribution in [1.29, 1.82) is 0 Å². The number of nitrogens with one attached hydrogen (secondary N) is 1. The van der Waals surface area contributed by atoms with Crippen LogP contribution in [0.5, 0.6) is 0 Å². The molecule has 1 aromatic heterocycles. The Balaban J connectivity index is 2.73. The van der Waals surface area contributed by atoms with E-state index in [1.165, 1.54) is 4.90 Å². The molecular formula is C15H24N2O4. The summed E-state index contributed by atoms with van der Waals surface area (Å²) in [6, 6.07) is 3.30. The fourth-order valence-electron chi connectivity index (χ4n) is 1.66. The van der Waals surface area contributed by atoms with E-state index in [9.17, 15) is 14.7 Å². The molecule has 6 nitrogen and oxygen atoms in total. The second-order valence-corrected chi connectivity index (χ2v) is 6.35. The van der Waals surface area contributed by atoms with Gasteiger partial charge in [-0.05, 0) is 46.8 Å². The summed E-state index contributed by atoms with van der Waals surface area (Å²) in [5.74, 6) is 0.503. The molecule has 1 aromatic rings. The molecule has 21 heavy (non-hydrogen) atoms. The van der Waals surface area contributed by atoms with Gasteiger partial charge in [-0.3, -0.25) is 4.79 Å². The van der Waals surface area contributed by atoms with Crippen molar-refractivity contribution in [1.82, 2.24) is 10.2 Å². The van der Waals surface area contributed by atoms with Gasteiger partial charge in [0.05, 0.1) is 17.5 Å². The minimum Gasteiger partial charge on any atom is -0.481 e. The third kappa shape index (κ3) is 3.77. The van der Waals surface area contributed by atoms with Crippen LogP contribution in [0.15, 0.2) is 16.5 Å². The van der Waals surface area contributed by atoms with Crippen molar-refractivity contribution in [2.45, 2.75) is 46.7 Å². The molecule has 0 atom stereocenters. The number of carbonyl (C=O) groups excluding carboxylic acids is 1. The third-order valence-corrected chi connectivity index (χ3v) is 4.05. The van der Waals surface area contributed by atoms with E-state index in [4.69, 9.17) is 4.42 Å². The fraction of sp³-hybridized carbons (Fsp3) is 0.600. The molecule has 0 aliphatic rings. The first kappa shape index (κ1) is 17.1. The zero-order chi connectivity index (χ0) is 16.4. The molecular weight excluding hydrogens is 272 g/mol. The molecule has 2 N–H and O–H groups in total. The lowest BCUT2D eigenvalue weighted by molar-refractivity contribution is -0.150. The number of amides is 2. The highest BCUT2D eigenvalue weighted by Crippen LogP contribution is 2.30. The Morgan fingerprint density at radius 2 is 1.86 bits per heavy atom. The lowest BCUT2D eigenvalue weighted by atomic mass is 9.74. The Labute approximate surface area is 125 Å². The lowest BCUT2D eigenvalue weighted by Crippen LogP contribution is -2.59. The Kier molecular flexibility index (Phi) is 4.71. The summed E-state index contributed by atoms with van der Waals surface area (Å²) in [6.45, 7) is 8.73. The third-order valence-electron chi connectivity index (χ3n) is 4.05. The van der Waals surface area contributed by atoms with Gasteiger partial charge in [-0.2, -0.15) is 0 Å². The van der Waals surface area contributed by atoms with Crippen LogP contribution in [0.2, 0.25) is 0 Å². The van der Waals surface area contributed by atoms with Crippen molar-refractivity contribution >= 4 is 12.0 Å². The van der Waals surface area contributed by atoms with Crippen molar-refractivity contribution in [2.75, 3.05) is 7.05 Å². The SMILES string of the molecule is Cc1ccc(CN(C)C(=O)NC(C)(C)C(C)(C)C(=O)O)o1. The van der Waals surface area contributed by atoms with E-state index in [2.05, 4.69) is 5.32 Å². The van der Waals surface area contributed by atoms with Crippen LogP contribution in [0.1, 0.15) is 39.2 Å². The summed E-state index contributed by atoms with van der Waals surface area (Å²) < 4.78 is 5.42. The van der Waals surface area contributed by atoms with Gasteiger partial charge in [0, 0.05) is 7.05 Å². The van der Waals surface area contributed by atoms with Gasteiger partial charge in [0.25, 0.3) is 0 Å². The number of aryl methyl sites for hydroxylation is 1. The number of hydrogen-bond donors (Lipinski definition) is 2. The van der Waals surface area contributed by atoms with Gasteiger partial charge >= 0.3 is 12.0 Å². The highest BCUT2D eigenvalue weighted by molar-refractivity contribution is 5.79. The largest absolute Gasteiger partial charge is 0.481 e. The monoisotopic (exact) mass is 296 g/mol. The quantitative estimate of drug-likeness (QED) is 0.875. The molecule has 0 saturated carbocycles. The molecule has 1 heterocycles. The summed E-state index contributed by atoms with van der Waals surface area (Å²) in [5, 5.41) is 12.1. The van der Waals surface area contributed by atoms with E-state index < -0.39 is 16.9 Å². The highest BCUT2D eigenvalue weighted by Gasteiger charge is 2.44. The first-order valence-electron chi connectivity index (χ1n) is 6.79. The molecule has 0 aliphatic heterocycles. The Morgan fingerprint density at radius 3 is 2.29 bits per heavy atom. The first-order valence-corrected chi connectivity index (χ1v) is 6.79. The average Bonchev–Trinajstić information content (AvgIpc) is 2.73. The summed E-state index contributed by atoms with van der Waals surface area (Å²) >= 11 is 0. The maximum Gasteiger partial charge on any atom is 0.317 e. The summed E-state index contributed by atoms with van der Waals surface area (Å²) in [7, 11) is 1.64. The van der Waals surface area contributed by atoms with Gasteiger partial charge in [-0.25, -0.2) is 4.79 Å². The summed E-state index contributed by atoms with van der Waals surface area (Å²) in [6.07, 6.45) is 0. The van der Waals surface area contributed by atoms with E-state index in [-0.39, 0.29) is 6.03 Å². The molecule has 118 valence electrons. The van der Waals surface area contributed by atoms with Gasteiger partial charge < -0.3 is 19.7 Å². The molecule has 0 aliphatic carbocycles. The maximum absolute atomic E-state index is 12.2. The molecule has 0 saturated heterocycles. The van der Waals surface area contributed by atoms with Crippen molar-refractivity contribution in [3.63, 3.8) is 0 Å². The normalized spacial score (nSPS) is 12.1. The van der Waals surface area contributed by atoms with Gasteiger partial charge in [0.15, 0.2) is 0 Å². The Hall–Kier alpha value is -1.98. The molecule has 0 aromatic carbocycles. The summed E-state index contributed by atoms with van der Waals surface area (Å²) in [4.78, 5) is 25.0. The zero-order valence-corrected chi connectivity index (χ0v) is 13.5. The maximum atomic E-state index is 12.2. The minimum absolute atomic E-state index is 0.323. The Bertz CT molecular complexity index is 532. The van der Waals surface area contributed by atoms with Crippen LogP contribution in [-0.2, 0) is 11.3 Å². The minimum atomic E-state index is -1.09. The summed E-state index contributed by atoms with van der Waals surface area (Å²) in [5.41, 5.74) is -1.99. The zero-order valence-electron chi connectivity index (χ0n) is 13.5. The van der Waals surface area contributed by atoms with Crippen molar-refractivity contribution < 1.29 is 19.1 Å². The first-order chi connectivity index (χ1) is 9.47. The number of urea groups is 1. The number of carbonyl (C=O) groups is 2. The van der Waals surface area contributed by atoms with Crippen LogP contribution >= 0.6 is 0 Å². The van der Waals surface area contributed by atoms with E-state index in [0.717, 1.165) is 5.76 Å². The van der Waals surface area contributed by atoms with Gasteiger partial charge in [-0.15, -0.1) is 0 Å². The van der Waals surface area contributed by atoms with Crippen LogP contribution in [0.4, 0.5) is 4.79 Å². The second kappa shape index (κ2) is 5.79. The lowest BCUT2D eigenvalue weighted by Gasteiger charge is -2.39. The van der Waals surface area contributed by atoms with E-state index in [0.29, 0.717) is 12.3 Å². The molecule has 2 amide bonds. The van der Waals surface area contributed by atoms with E-state index >= 15 is 0 Å².